The average molecular weight is 413 g/mol. The van der Waals surface area contributed by atoms with Crippen LogP contribution in [-0.4, -0.2) is 42.4 Å². The Morgan fingerprint density at radius 3 is 2.57 bits per heavy atom. The number of thiazole rings is 1. The Kier molecular flexibility index (Phi) is 7.80. The van der Waals surface area contributed by atoms with Crippen LogP contribution in [0.2, 0.25) is 0 Å². The normalized spacial score (nSPS) is 12.0. The Morgan fingerprint density at radius 2 is 1.96 bits per heavy atom. The minimum absolute atomic E-state index is 0.0263. The Balaban J connectivity index is 1.73. The molecule has 0 bridgehead atoms. The summed E-state index contributed by atoms with van der Waals surface area (Å²) in [4.78, 5) is 21.4. The number of carbonyl (C=O) groups is 1. The van der Waals surface area contributed by atoms with E-state index < -0.39 is 11.9 Å². The van der Waals surface area contributed by atoms with Crippen LogP contribution in [0.25, 0.3) is 0 Å². The smallest absolute Gasteiger partial charge is 0.356 e. The van der Waals surface area contributed by atoms with E-state index in [1.807, 2.05) is 30.3 Å². The first-order chi connectivity index (χ1) is 13.3. The van der Waals surface area contributed by atoms with Crippen molar-refractivity contribution in [2.75, 3.05) is 20.6 Å². The van der Waals surface area contributed by atoms with Gasteiger partial charge in [-0.15, -0.1) is 11.3 Å². The van der Waals surface area contributed by atoms with E-state index in [1.54, 1.807) is 19.0 Å². The number of amides is 1. The summed E-state index contributed by atoms with van der Waals surface area (Å²) in [5.74, 6) is 0.365. The number of aromatic nitrogens is 1. The number of alkyl halides is 3. The van der Waals surface area contributed by atoms with E-state index in [9.17, 15) is 18.0 Å². The molecule has 0 fully saturated rings. The van der Waals surface area contributed by atoms with E-state index in [0.29, 0.717) is 24.1 Å². The summed E-state index contributed by atoms with van der Waals surface area (Å²) in [6, 6.07) is 9.67. The molecule has 0 saturated carbocycles. The number of rotatable bonds is 7. The van der Waals surface area contributed by atoms with Gasteiger partial charge >= 0.3 is 6.18 Å². The largest absolute Gasteiger partial charge is 0.434 e. The van der Waals surface area contributed by atoms with Crippen molar-refractivity contribution in [1.29, 1.82) is 0 Å². The van der Waals surface area contributed by atoms with Gasteiger partial charge in [-0.05, 0) is 5.56 Å². The highest BCUT2D eigenvalue weighted by Crippen LogP contribution is 2.29. The number of hydrogen-bond donors (Lipinski definition) is 2. The summed E-state index contributed by atoms with van der Waals surface area (Å²) >= 11 is 0.925. The number of halogens is 3. The summed E-state index contributed by atoms with van der Waals surface area (Å²) in [6.45, 7) is 0.990. The molecule has 6 nitrogen and oxygen atoms in total. The average Bonchev–Trinajstić information content (AvgIpc) is 3.14. The molecule has 10 heteroatoms. The lowest BCUT2D eigenvalue weighted by molar-refractivity contribution is -0.140. The quantitative estimate of drug-likeness (QED) is 0.541. The zero-order chi connectivity index (χ0) is 20.6. The van der Waals surface area contributed by atoms with Crippen LogP contribution in [0.5, 0.6) is 0 Å². The first kappa shape index (κ1) is 21.7. The van der Waals surface area contributed by atoms with Gasteiger partial charge in [0.2, 0.25) is 5.91 Å². The molecule has 0 unspecified atom stereocenters. The SMILES string of the molecule is CN=C(NCCC(=O)N(C)Cc1ccccc1)NCc1nc(C(F)(F)F)cs1. The minimum Gasteiger partial charge on any atom is -0.356 e. The van der Waals surface area contributed by atoms with Gasteiger partial charge in [0.05, 0.1) is 6.54 Å². The first-order valence-electron chi connectivity index (χ1n) is 8.53. The summed E-state index contributed by atoms with van der Waals surface area (Å²) < 4.78 is 37.7. The molecule has 28 heavy (non-hydrogen) atoms. The van der Waals surface area contributed by atoms with Crippen molar-refractivity contribution < 1.29 is 18.0 Å². The second kappa shape index (κ2) is 10.1. The van der Waals surface area contributed by atoms with Gasteiger partial charge in [0, 0.05) is 39.0 Å². The molecule has 1 aromatic carbocycles. The molecule has 2 rings (SSSR count). The molecular formula is C18H22F3N5OS. The standard InChI is InChI=1S/C18H22F3N5OS/c1-22-17(24-10-15-25-14(12-28-15)18(19,20)21)23-9-8-16(27)26(2)11-13-6-4-3-5-7-13/h3-7,12H,8-11H2,1-2H3,(H2,22,23,24). The lowest BCUT2D eigenvalue weighted by Crippen LogP contribution is -2.39. The van der Waals surface area contributed by atoms with E-state index >= 15 is 0 Å². The zero-order valence-electron chi connectivity index (χ0n) is 15.6. The fraction of sp³-hybridized carbons (Fsp3) is 0.389. The van der Waals surface area contributed by atoms with Crippen molar-refractivity contribution in [3.63, 3.8) is 0 Å². The van der Waals surface area contributed by atoms with Crippen molar-refractivity contribution in [1.82, 2.24) is 20.5 Å². The molecule has 2 aromatic rings. The molecule has 1 aromatic heterocycles. The van der Waals surface area contributed by atoms with Crippen LogP contribution in [0, 0.1) is 0 Å². The summed E-state index contributed by atoms with van der Waals surface area (Å²) in [5, 5.41) is 7.14. The van der Waals surface area contributed by atoms with E-state index in [0.717, 1.165) is 22.3 Å². The highest BCUT2D eigenvalue weighted by atomic mass is 32.1. The van der Waals surface area contributed by atoms with E-state index in [2.05, 4.69) is 20.6 Å². The summed E-state index contributed by atoms with van der Waals surface area (Å²) in [5.41, 5.74) is 0.148. The second-order valence-electron chi connectivity index (χ2n) is 5.96. The molecule has 0 aliphatic rings. The van der Waals surface area contributed by atoms with Gasteiger partial charge in [0.15, 0.2) is 11.7 Å². The van der Waals surface area contributed by atoms with Crippen molar-refractivity contribution in [3.05, 3.63) is 52.0 Å². The second-order valence-corrected chi connectivity index (χ2v) is 6.90. The molecule has 1 amide bonds. The van der Waals surface area contributed by atoms with Crippen LogP contribution in [0.15, 0.2) is 40.7 Å². The molecule has 2 N–H and O–H groups in total. The van der Waals surface area contributed by atoms with Crippen LogP contribution >= 0.6 is 11.3 Å². The van der Waals surface area contributed by atoms with Gasteiger partial charge in [-0.2, -0.15) is 13.2 Å². The van der Waals surface area contributed by atoms with Gasteiger partial charge in [-0.3, -0.25) is 9.79 Å². The molecule has 0 spiro atoms. The third-order valence-electron chi connectivity index (χ3n) is 3.79. The maximum Gasteiger partial charge on any atom is 0.434 e. The van der Waals surface area contributed by atoms with Crippen LogP contribution in [0.4, 0.5) is 13.2 Å². The third kappa shape index (κ3) is 6.84. The minimum atomic E-state index is -4.44. The molecule has 0 atom stereocenters. The predicted molar refractivity (Wildman–Crippen MR) is 103 cm³/mol. The van der Waals surface area contributed by atoms with Gasteiger partial charge in [-0.1, -0.05) is 30.3 Å². The lowest BCUT2D eigenvalue weighted by Gasteiger charge is -2.18. The maximum atomic E-state index is 12.6. The third-order valence-corrected chi connectivity index (χ3v) is 4.64. The molecule has 0 saturated heterocycles. The number of aliphatic imine (C=N–C) groups is 1. The highest BCUT2D eigenvalue weighted by Gasteiger charge is 2.33. The zero-order valence-corrected chi connectivity index (χ0v) is 16.4. The van der Waals surface area contributed by atoms with Crippen LogP contribution in [0.1, 0.15) is 22.7 Å². The fourth-order valence-corrected chi connectivity index (χ4v) is 3.07. The number of carbonyl (C=O) groups excluding carboxylic acids is 1. The number of hydrogen-bond acceptors (Lipinski definition) is 4. The van der Waals surface area contributed by atoms with E-state index in [4.69, 9.17) is 0 Å². The number of benzene rings is 1. The number of guanidine groups is 1. The summed E-state index contributed by atoms with van der Waals surface area (Å²) in [7, 11) is 3.28. The molecule has 152 valence electrons. The van der Waals surface area contributed by atoms with Crippen molar-refractivity contribution in [3.8, 4) is 0 Å². The fourth-order valence-electron chi connectivity index (χ4n) is 2.33. The van der Waals surface area contributed by atoms with Crippen LogP contribution in [0.3, 0.4) is 0 Å². The molecule has 1 heterocycles. The predicted octanol–water partition coefficient (Wildman–Crippen LogP) is 2.88. The Labute approximate surface area is 165 Å². The molecule has 0 aliphatic carbocycles. The molecular weight excluding hydrogens is 391 g/mol. The lowest BCUT2D eigenvalue weighted by atomic mass is 10.2. The molecule has 0 aliphatic heterocycles. The Morgan fingerprint density at radius 1 is 1.25 bits per heavy atom. The van der Waals surface area contributed by atoms with Gasteiger partial charge in [0.25, 0.3) is 0 Å². The Hall–Kier alpha value is -2.62. The van der Waals surface area contributed by atoms with Gasteiger partial charge in [0.1, 0.15) is 5.01 Å². The maximum absolute atomic E-state index is 12.6. The van der Waals surface area contributed by atoms with Crippen LogP contribution in [-0.2, 0) is 24.1 Å². The monoisotopic (exact) mass is 413 g/mol. The molecule has 0 radical (unpaired) electrons. The Bertz CT molecular complexity index is 792. The van der Waals surface area contributed by atoms with E-state index in [1.165, 1.54) is 0 Å². The first-order valence-corrected chi connectivity index (χ1v) is 9.41. The topological polar surface area (TPSA) is 69.6 Å². The van der Waals surface area contributed by atoms with Gasteiger partial charge in [-0.25, -0.2) is 4.98 Å². The highest BCUT2D eigenvalue weighted by molar-refractivity contribution is 7.09. The summed E-state index contributed by atoms with van der Waals surface area (Å²) in [6.07, 6.45) is -4.18. The van der Waals surface area contributed by atoms with Crippen molar-refractivity contribution >= 4 is 23.2 Å². The van der Waals surface area contributed by atoms with Crippen LogP contribution < -0.4 is 10.6 Å². The van der Waals surface area contributed by atoms with Crippen molar-refractivity contribution in [2.45, 2.75) is 25.7 Å². The number of nitrogens with zero attached hydrogens (tertiary/aromatic N) is 3. The van der Waals surface area contributed by atoms with Gasteiger partial charge < -0.3 is 15.5 Å². The van der Waals surface area contributed by atoms with E-state index in [-0.39, 0.29) is 18.9 Å². The van der Waals surface area contributed by atoms with Crippen molar-refractivity contribution in [2.24, 2.45) is 4.99 Å². The number of nitrogens with one attached hydrogen (secondary N) is 2.